The van der Waals surface area contributed by atoms with Crippen LogP contribution in [-0.4, -0.2) is 34.5 Å². The van der Waals surface area contributed by atoms with Crippen LogP contribution in [0.4, 0.5) is 10.8 Å². The molecule has 1 atom stereocenters. The predicted octanol–water partition coefficient (Wildman–Crippen LogP) is 1.77. The van der Waals surface area contributed by atoms with Crippen molar-refractivity contribution >= 4 is 32.4 Å². The van der Waals surface area contributed by atoms with E-state index < -0.39 is 0 Å². The Hall–Kier alpha value is -1.80. The Balaban J connectivity index is 2.02. The third-order valence-corrected chi connectivity index (χ3v) is 4.82. The summed E-state index contributed by atoms with van der Waals surface area (Å²) in [6.45, 7) is 4.46. The van der Waals surface area contributed by atoms with Gasteiger partial charge in [-0.2, -0.15) is 0 Å². The Kier molecular flexibility index (Phi) is 3.06. The summed E-state index contributed by atoms with van der Waals surface area (Å²) in [5.74, 6) is 0.775. The van der Waals surface area contributed by atoms with Crippen LogP contribution < -0.4 is 10.6 Å². The first-order valence-corrected chi connectivity index (χ1v) is 7.18. The van der Waals surface area contributed by atoms with Gasteiger partial charge < -0.3 is 10.6 Å². The van der Waals surface area contributed by atoms with Crippen LogP contribution in [0.15, 0.2) is 12.4 Å². The van der Waals surface area contributed by atoms with Crippen molar-refractivity contribution in [3.05, 3.63) is 22.5 Å². The van der Waals surface area contributed by atoms with Crippen LogP contribution in [0.1, 0.15) is 13.3 Å². The molecule has 2 aromatic rings. The molecule has 3 heterocycles. The molecule has 0 bridgehead atoms. The van der Waals surface area contributed by atoms with E-state index >= 15 is 0 Å². The van der Waals surface area contributed by atoms with Gasteiger partial charge in [0.1, 0.15) is 17.0 Å². The van der Waals surface area contributed by atoms with Crippen molar-refractivity contribution in [1.82, 2.24) is 9.97 Å². The minimum atomic E-state index is -0.385. The third kappa shape index (κ3) is 2.10. The Bertz CT molecular complexity index is 673. The lowest BCUT2D eigenvalue weighted by Crippen LogP contribution is -2.31. The van der Waals surface area contributed by atoms with Gasteiger partial charge in [0.2, 0.25) is 0 Å². The predicted molar refractivity (Wildman–Crippen MR) is 78.1 cm³/mol. The number of aromatic nitrogens is 2. The standard InChI is InChI=1S/C12H15N5O2S/c1-12(5-13)2-3-16(6-12)10-8-4-9(17(18)19)20-11(8)15-7-14-10/h4,7H,2-3,5-6,13H2,1H3. The van der Waals surface area contributed by atoms with Crippen LogP contribution in [0.2, 0.25) is 0 Å². The maximum Gasteiger partial charge on any atom is 0.326 e. The zero-order valence-corrected chi connectivity index (χ0v) is 11.9. The van der Waals surface area contributed by atoms with Gasteiger partial charge >= 0.3 is 5.00 Å². The second-order valence-corrected chi connectivity index (χ2v) is 6.45. The SMILES string of the molecule is CC1(CN)CCN(c2ncnc3sc([N+](=O)[O-])cc23)C1. The van der Waals surface area contributed by atoms with Crippen molar-refractivity contribution < 1.29 is 4.92 Å². The van der Waals surface area contributed by atoms with Crippen molar-refractivity contribution in [2.45, 2.75) is 13.3 Å². The summed E-state index contributed by atoms with van der Waals surface area (Å²) in [6.07, 6.45) is 2.47. The highest BCUT2D eigenvalue weighted by Gasteiger charge is 2.34. The highest BCUT2D eigenvalue weighted by atomic mass is 32.1. The van der Waals surface area contributed by atoms with Crippen molar-refractivity contribution in [2.75, 3.05) is 24.5 Å². The molecule has 20 heavy (non-hydrogen) atoms. The average Bonchev–Trinajstić information content (AvgIpc) is 3.02. The molecule has 1 unspecified atom stereocenters. The highest BCUT2D eigenvalue weighted by Crippen LogP contribution is 2.38. The number of nitrogens with two attached hydrogens (primary N) is 1. The molecule has 3 rings (SSSR count). The van der Waals surface area contributed by atoms with Crippen LogP contribution in [0.5, 0.6) is 0 Å². The van der Waals surface area contributed by atoms with E-state index in [4.69, 9.17) is 5.73 Å². The van der Waals surface area contributed by atoms with Gasteiger partial charge in [0, 0.05) is 19.2 Å². The van der Waals surface area contributed by atoms with Crippen molar-refractivity contribution in [2.24, 2.45) is 11.1 Å². The Morgan fingerprint density at radius 3 is 3.05 bits per heavy atom. The molecule has 0 aliphatic carbocycles. The molecule has 0 amide bonds. The number of anilines is 1. The van der Waals surface area contributed by atoms with Crippen LogP contribution in [0.3, 0.4) is 0 Å². The molecule has 0 spiro atoms. The van der Waals surface area contributed by atoms with E-state index in [1.165, 1.54) is 6.33 Å². The summed E-state index contributed by atoms with van der Waals surface area (Å²) in [7, 11) is 0. The molecule has 106 valence electrons. The number of fused-ring (bicyclic) bond motifs is 1. The fraction of sp³-hybridized carbons (Fsp3) is 0.500. The number of nitro groups is 1. The fourth-order valence-corrected chi connectivity index (χ4v) is 3.35. The minimum Gasteiger partial charge on any atom is -0.355 e. The molecule has 8 heteroatoms. The number of nitrogens with zero attached hydrogens (tertiary/aromatic N) is 4. The topological polar surface area (TPSA) is 98.2 Å². The molecule has 0 radical (unpaired) electrons. The molecule has 0 saturated carbocycles. The number of rotatable bonds is 3. The summed E-state index contributed by atoms with van der Waals surface area (Å²) in [5.41, 5.74) is 5.90. The molecule has 2 aromatic heterocycles. The summed E-state index contributed by atoms with van der Waals surface area (Å²) >= 11 is 1.08. The number of hydrogen-bond donors (Lipinski definition) is 1. The summed E-state index contributed by atoms with van der Waals surface area (Å²) in [5, 5.41) is 11.7. The molecule has 0 aromatic carbocycles. The minimum absolute atomic E-state index is 0.0826. The summed E-state index contributed by atoms with van der Waals surface area (Å²) < 4.78 is 0. The lowest BCUT2D eigenvalue weighted by Gasteiger charge is -2.23. The Morgan fingerprint density at radius 2 is 2.40 bits per heavy atom. The van der Waals surface area contributed by atoms with Gasteiger partial charge in [-0.15, -0.1) is 0 Å². The van der Waals surface area contributed by atoms with Gasteiger partial charge in [-0.25, -0.2) is 9.97 Å². The van der Waals surface area contributed by atoms with Crippen LogP contribution in [0, 0.1) is 15.5 Å². The fourth-order valence-electron chi connectivity index (χ4n) is 2.54. The van der Waals surface area contributed by atoms with Gasteiger partial charge in [0.15, 0.2) is 0 Å². The zero-order chi connectivity index (χ0) is 14.3. The third-order valence-electron chi connectivity index (χ3n) is 3.83. The van der Waals surface area contributed by atoms with E-state index in [1.54, 1.807) is 6.07 Å². The molecule has 1 saturated heterocycles. The highest BCUT2D eigenvalue weighted by molar-refractivity contribution is 7.21. The monoisotopic (exact) mass is 293 g/mol. The first kappa shape index (κ1) is 13.2. The zero-order valence-electron chi connectivity index (χ0n) is 11.1. The Labute approximate surface area is 119 Å². The van der Waals surface area contributed by atoms with Crippen LogP contribution in [0.25, 0.3) is 10.2 Å². The first-order valence-electron chi connectivity index (χ1n) is 6.36. The summed E-state index contributed by atoms with van der Waals surface area (Å²) in [6, 6.07) is 1.56. The van der Waals surface area contributed by atoms with Crippen molar-refractivity contribution in [3.63, 3.8) is 0 Å². The first-order chi connectivity index (χ1) is 9.52. The van der Waals surface area contributed by atoms with Crippen molar-refractivity contribution in [3.8, 4) is 0 Å². The van der Waals surface area contributed by atoms with Crippen LogP contribution >= 0.6 is 11.3 Å². The number of thiophene rings is 1. The van der Waals surface area contributed by atoms with E-state index in [1.807, 2.05) is 0 Å². The number of hydrogen-bond acceptors (Lipinski definition) is 7. The van der Waals surface area contributed by atoms with Gasteiger partial charge in [0.05, 0.1) is 10.3 Å². The van der Waals surface area contributed by atoms with E-state index in [9.17, 15) is 10.1 Å². The van der Waals surface area contributed by atoms with Crippen LogP contribution in [-0.2, 0) is 0 Å². The van der Waals surface area contributed by atoms with Gasteiger partial charge in [-0.1, -0.05) is 6.92 Å². The van der Waals surface area contributed by atoms with Gasteiger partial charge in [-0.3, -0.25) is 10.1 Å². The maximum absolute atomic E-state index is 10.9. The van der Waals surface area contributed by atoms with E-state index in [2.05, 4.69) is 21.8 Å². The quantitative estimate of drug-likeness (QED) is 0.684. The van der Waals surface area contributed by atoms with Gasteiger partial charge in [-0.05, 0) is 29.7 Å². The molecule has 1 fully saturated rings. The molecular weight excluding hydrogens is 278 g/mol. The van der Waals surface area contributed by atoms with E-state index in [0.717, 1.165) is 42.1 Å². The Morgan fingerprint density at radius 1 is 1.60 bits per heavy atom. The molecule has 2 N–H and O–H groups in total. The van der Waals surface area contributed by atoms with Gasteiger partial charge in [0.25, 0.3) is 0 Å². The lowest BCUT2D eigenvalue weighted by molar-refractivity contribution is -0.380. The van der Waals surface area contributed by atoms with E-state index in [0.29, 0.717) is 11.4 Å². The average molecular weight is 293 g/mol. The molecule has 7 nitrogen and oxygen atoms in total. The summed E-state index contributed by atoms with van der Waals surface area (Å²) in [4.78, 5) is 21.8. The normalized spacial score (nSPS) is 22.6. The second-order valence-electron chi connectivity index (χ2n) is 5.44. The lowest BCUT2D eigenvalue weighted by atomic mass is 9.90. The largest absolute Gasteiger partial charge is 0.355 e. The smallest absolute Gasteiger partial charge is 0.326 e. The molecule has 1 aliphatic heterocycles. The molecule has 1 aliphatic rings. The maximum atomic E-state index is 10.9. The van der Waals surface area contributed by atoms with E-state index in [-0.39, 0.29) is 15.3 Å². The molecular formula is C12H15N5O2S. The second kappa shape index (κ2) is 4.64. The van der Waals surface area contributed by atoms with Crippen molar-refractivity contribution in [1.29, 1.82) is 0 Å².